The molecule has 0 saturated heterocycles. The number of aliphatic hydroxyl groups is 1. The zero-order valence-corrected chi connectivity index (χ0v) is 13.1. The van der Waals surface area contributed by atoms with Crippen molar-refractivity contribution in [3.8, 4) is 5.75 Å². The first-order valence-corrected chi connectivity index (χ1v) is 7.34. The van der Waals surface area contributed by atoms with Gasteiger partial charge >= 0.3 is 0 Å². The van der Waals surface area contributed by atoms with Crippen molar-refractivity contribution in [3.05, 3.63) is 41.0 Å². The van der Waals surface area contributed by atoms with E-state index in [0.717, 1.165) is 35.6 Å². The van der Waals surface area contributed by atoms with E-state index in [9.17, 15) is 5.11 Å². The lowest BCUT2D eigenvalue weighted by Crippen LogP contribution is -2.13. The van der Waals surface area contributed by atoms with Crippen LogP contribution in [0.15, 0.2) is 18.2 Å². The van der Waals surface area contributed by atoms with Gasteiger partial charge in [0.05, 0.1) is 13.7 Å². The van der Waals surface area contributed by atoms with E-state index in [-0.39, 0.29) is 0 Å². The number of aromatic nitrogens is 3. The molecule has 0 aliphatic carbocycles. The van der Waals surface area contributed by atoms with Crippen molar-refractivity contribution in [2.75, 3.05) is 7.11 Å². The smallest absolute Gasteiger partial charge is 0.150 e. The third kappa shape index (κ3) is 3.42. The molecule has 0 spiro atoms. The van der Waals surface area contributed by atoms with Gasteiger partial charge in [-0.1, -0.05) is 25.5 Å². The van der Waals surface area contributed by atoms with Crippen molar-refractivity contribution in [1.29, 1.82) is 0 Å². The Hall–Kier alpha value is -1.88. The molecule has 0 aliphatic rings. The number of benzene rings is 1. The molecule has 0 amide bonds. The average Bonchev–Trinajstić information content (AvgIpc) is 2.89. The second kappa shape index (κ2) is 6.72. The normalized spacial score (nSPS) is 12.4. The highest BCUT2D eigenvalue weighted by molar-refractivity contribution is 5.38. The molecule has 1 atom stereocenters. The Bertz CT molecular complexity index is 608. The predicted molar refractivity (Wildman–Crippen MR) is 81.5 cm³/mol. The van der Waals surface area contributed by atoms with E-state index in [1.807, 2.05) is 39.0 Å². The van der Waals surface area contributed by atoms with Crippen LogP contribution in [0.4, 0.5) is 0 Å². The fourth-order valence-corrected chi connectivity index (χ4v) is 2.36. The molecule has 0 radical (unpaired) electrons. The highest BCUT2D eigenvalue weighted by Crippen LogP contribution is 2.27. The molecule has 1 aromatic carbocycles. The summed E-state index contributed by atoms with van der Waals surface area (Å²) in [6.07, 6.45) is 0.922. The second-order valence-corrected chi connectivity index (χ2v) is 5.09. The van der Waals surface area contributed by atoms with Gasteiger partial charge in [0.1, 0.15) is 17.7 Å². The van der Waals surface area contributed by atoms with Crippen molar-refractivity contribution in [1.82, 2.24) is 14.8 Å². The zero-order valence-electron chi connectivity index (χ0n) is 13.1. The van der Waals surface area contributed by atoms with Crippen LogP contribution in [-0.4, -0.2) is 27.0 Å². The van der Waals surface area contributed by atoms with Gasteiger partial charge in [-0.3, -0.25) is 0 Å². The standard InChI is InChI=1S/C16H23N3O2/c1-5-15-17-16(6-2)19(18-15)10-13(20)12-9-11(3)7-8-14(12)21-4/h7-9,13,20H,5-6,10H2,1-4H3. The van der Waals surface area contributed by atoms with Crippen molar-refractivity contribution in [2.24, 2.45) is 0 Å². The van der Waals surface area contributed by atoms with Crippen LogP contribution in [-0.2, 0) is 19.4 Å². The number of methoxy groups -OCH3 is 1. The Balaban J connectivity index is 2.27. The molecule has 0 saturated carbocycles. The van der Waals surface area contributed by atoms with Crippen LogP contribution in [0.5, 0.6) is 5.75 Å². The maximum atomic E-state index is 10.5. The Morgan fingerprint density at radius 1 is 1.29 bits per heavy atom. The number of rotatable bonds is 6. The van der Waals surface area contributed by atoms with Gasteiger partial charge in [-0.15, -0.1) is 0 Å². The van der Waals surface area contributed by atoms with E-state index >= 15 is 0 Å². The lowest BCUT2D eigenvalue weighted by Gasteiger charge is -2.16. The first kappa shape index (κ1) is 15.5. The molecule has 5 nitrogen and oxygen atoms in total. The molecule has 0 aliphatic heterocycles. The van der Waals surface area contributed by atoms with Crippen molar-refractivity contribution < 1.29 is 9.84 Å². The highest BCUT2D eigenvalue weighted by Gasteiger charge is 2.17. The van der Waals surface area contributed by atoms with Crippen molar-refractivity contribution >= 4 is 0 Å². The topological polar surface area (TPSA) is 60.2 Å². The first-order chi connectivity index (χ1) is 10.1. The zero-order chi connectivity index (χ0) is 15.4. The maximum Gasteiger partial charge on any atom is 0.150 e. The van der Waals surface area contributed by atoms with Gasteiger partial charge in [0.25, 0.3) is 0 Å². The summed E-state index contributed by atoms with van der Waals surface area (Å²) in [5.74, 6) is 2.41. The summed E-state index contributed by atoms with van der Waals surface area (Å²) in [6.45, 7) is 6.45. The summed E-state index contributed by atoms with van der Waals surface area (Å²) in [6, 6.07) is 5.80. The summed E-state index contributed by atoms with van der Waals surface area (Å²) in [5, 5.41) is 15.0. The van der Waals surface area contributed by atoms with Gasteiger partial charge in [-0.2, -0.15) is 5.10 Å². The van der Waals surface area contributed by atoms with Crippen LogP contribution in [0.25, 0.3) is 0 Å². The van der Waals surface area contributed by atoms with Crippen LogP contribution in [0, 0.1) is 6.92 Å². The number of hydrogen-bond donors (Lipinski definition) is 1. The molecule has 1 heterocycles. The molecule has 1 unspecified atom stereocenters. The summed E-state index contributed by atoms with van der Waals surface area (Å²) in [7, 11) is 1.61. The monoisotopic (exact) mass is 289 g/mol. The number of aryl methyl sites for hydroxylation is 3. The van der Waals surface area contributed by atoms with Gasteiger partial charge in [-0.05, 0) is 19.1 Å². The molecule has 2 aromatic rings. The summed E-state index contributed by atoms with van der Waals surface area (Å²) in [5.41, 5.74) is 1.88. The van der Waals surface area contributed by atoms with E-state index in [1.165, 1.54) is 0 Å². The third-order valence-corrected chi connectivity index (χ3v) is 3.51. The number of hydrogen-bond acceptors (Lipinski definition) is 4. The maximum absolute atomic E-state index is 10.5. The lowest BCUT2D eigenvalue weighted by molar-refractivity contribution is 0.146. The minimum absolute atomic E-state index is 0.385. The Kier molecular flexibility index (Phi) is 4.96. The summed E-state index contributed by atoms with van der Waals surface area (Å²) in [4.78, 5) is 4.46. The SMILES string of the molecule is CCc1nc(CC)n(CC(O)c2cc(C)ccc2OC)n1. The van der Waals surface area contributed by atoms with Crippen molar-refractivity contribution in [3.63, 3.8) is 0 Å². The fraction of sp³-hybridized carbons (Fsp3) is 0.500. The van der Waals surface area contributed by atoms with Crippen LogP contribution in [0.1, 0.15) is 42.7 Å². The molecule has 0 fully saturated rings. The minimum Gasteiger partial charge on any atom is -0.496 e. The molecular formula is C16H23N3O2. The van der Waals surface area contributed by atoms with E-state index in [2.05, 4.69) is 10.1 Å². The van der Waals surface area contributed by atoms with Crippen LogP contribution >= 0.6 is 0 Å². The van der Waals surface area contributed by atoms with Gasteiger partial charge in [-0.25, -0.2) is 9.67 Å². The van der Waals surface area contributed by atoms with E-state index in [1.54, 1.807) is 11.8 Å². The first-order valence-electron chi connectivity index (χ1n) is 7.34. The van der Waals surface area contributed by atoms with Crippen LogP contribution < -0.4 is 4.74 Å². The van der Waals surface area contributed by atoms with Gasteiger partial charge in [0.15, 0.2) is 5.82 Å². The molecule has 114 valence electrons. The molecule has 1 aromatic heterocycles. The molecule has 5 heteroatoms. The van der Waals surface area contributed by atoms with E-state index in [0.29, 0.717) is 12.3 Å². The minimum atomic E-state index is -0.670. The molecule has 21 heavy (non-hydrogen) atoms. The lowest BCUT2D eigenvalue weighted by atomic mass is 10.1. The van der Waals surface area contributed by atoms with E-state index < -0.39 is 6.10 Å². The Morgan fingerprint density at radius 2 is 2.05 bits per heavy atom. The fourth-order valence-electron chi connectivity index (χ4n) is 2.36. The quantitative estimate of drug-likeness (QED) is 0.887. The summed E-state index contributed by atoms with van der Waals surface area (Å²) >= 11 is 0. The molecular weight excluding hydrogens is 266 g/mol. The predicted octanol–water partition coefficient (Wildman–Crippen LogP) is 2.45. The van der Waals surface area contributed by atoms with Gasteiger partial charge in [0, 0.05) is 18.4 Å². The Labute approximate surface area is 125 Å². The molecule has 1 N–H and O–H groups in total. The van der Waals surface area contributed by atoms with Gasteiger partial charge < -0.3 is 9.84 Å². The highest BCUT2D eigenvalue weighted by atomic mass is 16.5. The van der Waals surface area contributed by atoms with Gasteiger partial charge in [0.2, 0.25) is 0 Å². The van der Waals surface area contributed by atoms with E-state index in [4.69, 9.17) is 4.74 Å². The largest absolute Gasteiger partial charge is 0.496 e. The summed E-state index contributed by atoms with van der Waals surface area (Å²) < 4.78 is 7.13. The van der Waals surface area contributed by atoms with Crippen LogP contribution in [0.2, 0.25) is 0 Å². The van der Waals surface area contributed by atoms with Crippen molar-refractivity contribution in [2.45, 2.75) is 46.3 Å². The number of aliphatic hydroxyl groups excluding tert-OH is 1. The number of nitrogens with zero attached hydrogens (tertiary/aromatic N) is 3. The van der Waals surface area contributed by atoms with Crippen LogP contribution in [0.3, 0.4) is 0 Å². The average molecular weight is 289 g/mol. The number of ether oxygens (including phenoxy) is 1. The third-order valence-electron chi connectivity index (χ3n) is 3.51. The second-order valence-electron chi connectivity index (χ2n) is 5.09. The molecule has 2 rings (SSSR count). The Morgan fingerprint density at radius 3 is 2.67 bits per heavy atom. The molecule has 0 bridgehead atoms.